The lowest BCUT2D eigenvalue weighted by Gasteiger charge is -2.38. The van der Waals surface area contributed by atoms with Crippen molar-refractivity contribution in [1.82, 2.24) is 0 Å². The standard InChI is InChI=1S/C12H18ClNS/c1-12(6-3-2-4-7-12)11(14)10-9(13)5-8-15-10/h5,8,11H,2-4,6-7,14H2,1H3. The fraction of sp³-hybridized carbons (Fsp3) is 0.667. The SMILES string of the molecule is CC1(C(N)c2sccc2Cl)CCCCC1. The Morgan fingerprint density at radius 1 is 1.40 bits per heavy atom. The van der Waals surface area contributed by atoms with Gasteiger partial charge in [0.05, 0.1) is 5.02 Å². The third-order valence-corrected chi connectivity index (χ3v) is 5.12. The number of rotatable bonds is 2. The first-order valence-corrected chi connectivity index (χ1v) is 6.88. The van der Waals surface area contributed by atoms with Gasteiger partial charge in [0.1, 0.15) is 0 Å². The molecule has 0 radical (unpaired) electrons. The van der Waals surface area contributed by atoms with Crippen LogP contribution >= 0.6 is 22.9 Å². The van der Waals surface area contributed by atoms with E-state index in [0.717, 1.165) is 5.02 Å². The molecule has 0 bridgehead atoms. The molecule has 0 aliphatic heterocycles. The Morgan fingerprint density at radius 2 is 2.07 bits per heavy atom. The van der Waals surface area contributed by atoms with Crippen LogP contribution in [0.25, 0.3) is 0 Å². The van der Waals surface area contributed by atoms with Gasteiger partial charge in [0, 0.05) is 10.9 Å². The highest BCUT2D eigenvalue weighted by Crippen LogP contribution is 2.46. The molecular formula is C12H18ClNS. The van der Waals surface area contributed by atoms with Crippen molar-refractivity contribution in [2.45, 2.75) is 45.1 Å². The summed E-state index contributed by atoms with van der Waals surface area (Å²) in [5.41, 5.74) is 6.63. The molecule has 2 N–H and O–H groups in total. The molecule has 3 heteroatoms. The minimum atomic E-state index is 0.116. The third-order valence-electron chi connectivity index (χ3n) is 3.67. The Labute approximate surface area is 101 Å². The molecule has 0 aromatic carbocycles. The lowest BCUT2D eigenvalue weighted by molar-refractivity contribution is 0.172. The van der Waals surface area contributed by atoms with Crippen LogP contribution in [0.4, 0.5) is 0 Å². The zero-order chi connectivity index (χ0) is 10.9. The molecule has 1 aromatic heterocycles. The molecule has 84 valence electrons. The van der Waals surface area contributed by atoms with Crippen molar-refractivity contribution in [3.8, 4) is 0 Å². The zero-order valence-corrected chi connectivity index (χ0v) is 10.7. The molecule has 1 aromatic rings. The minimum Gasteiger partial charge on any atom is -0.323 e. The van der Waals surface area contributed by atoms with Crippen LogP contribution in [0.2, 0.25) is 5.02 Å². The first-order valence-electron chi connectivity index (χ1n) is 5.62. The maximum Gasteiger partial charge on any atom is 0.0561 e. The Morgan fingerprint density at radius 3 is 2.60 bits per heavy atom. The van der Waals surface area contributed by atoms with Crippen LogP contribution in [0, 0.1) is 5.41 Å². The number of nitrogens with two attached hydrogens (primary N) is 1. The van der Waals surface area contributed by atoms with Gasteiger partial charge in [-0.1, -0.05) is 37.8 Å². The van der Waals surface area contributed by atoms with Crippen molar-refractivity contribution in [3.63, 3.8) is 0 Å². The second-order valence-corrected chi connectivity index (χ2v) is 6.18. The lowest BCUT2D eigenvalue weighted by Crippen LogP contribution is -2.33. The number of thiophene rings is 1. The number of halogens is 1. The van der Waals surface area contributed by atoms with E-state index < -0.39 is 0 Å². The molecule has 1 aliphatic carbocycles. The first kappa shape index (κ1) is 11.4. The number of hydrogen-bond acceptors (Lipinski definition) is 2. The molecule has 0 amide bonds. The predicted molar refractivity (Wildman–Crippen MR) is 67.4 cm³/mol. The molecule has 1 aliphatic rings. The van der Waals surface area contributed by atoms with Crippen molar-refractivity contribution in [3.05, 3.63) is 21.3 Å². The van der Waals surface area contributed by atoms with Crippen molar-refractivity contribution >= 4 is 22.9 Å². The average Bonchev–Trinajstić information content (AvgIpc) is 2.64. The highest BCUT2D eigenvalue weighted by atomic mass is 35.5. The Bertz CT molecular complexity index is 328. The van der Waals surface area contributed by atoms with Crippen LogP contribution in [0.15, 0.2) is 11.4 Å². The summed E-state index contributed by atoms with van der Waals surface area (Å²) in [6, 6.07) is 2.07. The van der Waals surface area contributed by atoms with E-state index in [1.807, 2.05) is 11.4 Å². The Hall–Kier alpha value is -0.0500. The molecule has 1 nitrogen and oxygen atoms in total. The molecule has 0 saturated heterocycles. The summed E-state index contributed by atoms with van der Waals surface area (Å²) in [7, 11) is 0. The van der Waals surface area contributed by atoms with Gasteiger partial charge >= 0.3 is 0 Å². The molecule has 0 spiro atoms. The smallest absolute Gasteiger partial charge is 0.0561 e. The van der Waals surface area contributed by atoms with Crippen LogP contribution in [0.3, 0.4) is 0 Å². The highest BCUT2D eigenvalue weighted by Gasteiger charge is 2.35. The quantitative estimate of drug-likeness (QED) is 0.820. The zero-order valence-electron chi connectivity index (χ0n) is 9.13. The molecule has 1 atom stereocenters. The van der Waals surface area contributed by atoms with Gasteiger partial charge in [0.15, 0.2) is 0 Å². The maximum absolute atomic E-state index is 6.38. The van der Waals surface area contributed by atoms with Gasteiger partial charge < -0.3 is 5.73 Å². The van der Waals surface area contributed by atoms with E-state index in [0.29, 0.717) is 0 Å². The molecule has 1 heterocycles. The Balaban J connectivity index is 2.19. The Kier molecular flexibility index (Phi) is 3.39. The maximum atomic E-state index is 6.38. The van der Waals surface area contributed by atoms with Crippen LogP contribution in [-0.2, 0) is 0 Å². The van der Waals surface area contributed by atoms with Crippen molar-refractivity contribution < 1.29 is 0 Å². The van der Waals surface area contributed by atoms with Crippen molar-refractivity contribution in [1.29, 1.82) is 0 Å². The van der Waals surface area contributed by atoms with Gasteiger partial charge in [-0.3, -0.25) is 0 Å². The molecule has 1 unspecified atom stereocenters. The molecule has 1 saturated carbocycles. The van der Waals surface area contributed by atoms with Crippen molar-refractivity contribution in [2.24, 2.45) is 11.1 Å². The van der Waals surface area contributed by atoms with E-state index in [4.69, 9.17) is 17.3 Å². The molecule has 2 rings (SSSR count). The predicted octanol–water partition coefficient (Wildman–Crippen LogP) is 4.37. The summed E-state index contributed by atoms with van der Waals surface area (Å²) < 4.78 is 0. The van der Waals surface area contributed by atoms with Gasteiger partial charge in [-0.25, -0.2) is 0 Å². The van der Waals surface area contributed by atoms with E-state index in [2.05, 4.69) is 6.92 Å². The molecular weight excluding hydrogens is 226 g/mol. The monoisotopic (exact) mass is 243 g/mol. The van der Waals surface area contributed by atoms with Crippen LogP contribution in [-0.4, -0.2) is 0 Å². The summed E-state index contributed by atoms with van der Waals surface area (Å²) in [4.78, 5) is 1.17. The average molecular weight is 244 g/mol. The van der Waals surface area contributed by atoms with Crippen LogP contribution in [0.1, 0.15) is 49.9 Å². The normalized spacial score (nSPS) is 22.6. The fourth-order valence-electron chi connectivity index (χ4n) is 2.51. The van der Waals surface area contributed by atoms with Gasteiger partial charge in [0.2, 0.25) is 0 Å². The van der Waals surface area contributed by atoms with E-state index in [9.17, 15) is 0 Å². The van der Waals surface area contributed by atoms with E-state index in [-0.39, 0.29) is 11.5 Å². The van der Waals surface area contributed by atoms with Crippen molar-refractivity contribution in [2.75, 3.05) is 0 Å². The van der Waals surface area contributed by atoms with E-state index >= 15 is 0 Å². The van der Waals surface area contributed by atoms with Gasteiger partial charge in [-0.15, -0.1) is 11.3 Å². The lowest BCUT2D eigenvalue weighted by atomic mass is 9.70. The van der Waals surface area contributed by atoms with Gasteiger partial charge in [-0.2, -0.15) is 0 Å². The summed E-state index contributed by atoms with van der Waals surface area (Å²) >= 11 is 7.84. The second kappa shape index (κ2) is 4.44. The topological polar surface area (TPSA) is 26.0 Å². The summed E-state index contributed by atoms with van der Waals surface area (Å²) in [6.45, 7) is 2.31. The van der Waals surface area contributed by atoms with Gasteiger partial charge in [-0.05, 0) is 29.7 Å². The van der Waals surface area contributed by atoms with Crippen LogP contribution in [0.5, 0.6) is 0 Å². The largest absolute Gasteiger partial charge is 0.323 e. The third kappa shape index (κ3) is 2.22. The second-order valence-electron chi connectivity index (χ2n) is 4.83. The first-order chi connectivity index (χ1) is 7.13. The van der Waals surface area contributed by atoms with Crippen LogP contribution < -0.4 is 5.73 Å². The summed E-state index contributed by atoms with van der Waals surface area (Å²) in [5, 5.41) is 2.88. The summed E-state index contributed by atoms with van der Waals surface area (Å²) in [6.07, 6.45) is 6.46. The highest BCUT2D eigenvalue weighted by molar-refractivity contribution is 7.10. The van der Waals surface area contributed by atoms with E-state index in [1.165, 1.54) is 37.0 Å². The molecule has 15 heavy (non-hydrogen) atoms. The van der Waals surface area contributed by atoms with E-state index in [1.54, 1.807) is 11.3 Å². The summed E-state index contributed by atoms with van der Waals surface area (Å²) in [5.74, 6) is 0. The fourth-order valence-corrected chi connectivity index (χ4v) is 3.87. The number of hydrogen-bond donors (Lipinski definition) is 1. The minimum absolute atomic E-state index is 0.116. The van der Waals surface area contributed by atoms with Gasteiger partial charge in [0.25, 0.3) is 0 Å². The molecule has 1 fully saturated rings.